The molecule has 7 nitrogen and oxygen atoms in total. The Morgan fingerprint density at radius 3 is 1.76 bits per heavy atom. The van der Waals surface area contributed by atoms with Gasteiger partial charge in [-0.15, -0.1) is 0 Å². The van der Waals surface area contributed by atoms with Gasteiger partial charge in [-0.3, -0.25) is 4.79 Å². The minimum absolute atomic E-state index is 0.0273. The van der Waals surface area contributed by atoms with Gasteiger partial charge >= 0.3 is 0 Å². The summed E-state index contributed by atoms with van der Waals surface area (Å²) in [6.07, 6.45) is 3.88. The minimum atomic E-state index is -0.492. The second-order valence-corrected chi connectivity index (χ2v) is 10.5. The van der Waals surface area contributed by atoms with E-state index in [0.29, 0.717) is 0 Å². The number of nitrogens with one attached hydrogen (secondary N) is 2. The lowest BCUT2D eigenvalue weighted by atomic mass is 10.0. The first kappa shape index (κ1) is 24.8. The van der Waals surface area contributed by atoms with Crippen LogP contribution in [0.15, 0.2) is 60.9 Å². The average molecular weight is 505 g/mol. The summed E-state index contributed by atoms with van der Waals surface area (Å²) < 4.78 is 29.9. The maximum absolute atomic E-state index is 12.9. The molecule has 37 heavy (non-hydrogen) atoms. The molecule has 2 aliphatic heterocycles. The normalized spacial score (nSPS) is 17.2. The Kier molecular flexibility index (Phi) is 6.19. The van der Waals surface area contributed by atoms with Gasteiger partial charge in [-0.05, 0) is 76.2 Å². The number of benzene rings is 2. The van der Waals surface area contributed by atoms with Gasteiger partial charge in [0.15, 0.2) is 0 Å². The largest absolute Gasteiger partial charge is 0.342 e. The molecule has 0 unspecified atom stereocenters. The molecule has 192 valence electrons. The Hall–Kier alpha value is -3.85. The zero-order valence-corrected chi connectivity index (χ0v) is 21.3. The van der Waals surface area contributed by atoms with Gasteiger partial charge in [0.2, 0.25) is 5.91 Å². The number of hydrogen-bond donors (Lipinski definition) is 2. The fraction of sp³-hybridized carbons (Fsp3) is 0.321. The summed E-state index contributed by atoms with van der Waals surface area (Å²) in [5.41, 5.74) is 2.84. The van der Waals surface area contributed by atoms with E-state index >= 15 is 0 Å². The Bertz CT molecular complexity index is 1430. The number of amides is 1. The van der Waals surface area contributed by atoms with Gasteiger partial charge < -0.3 is 19.8 Å². The van der Waals surface area contributed by atoms with Crippen LogP contribution in [-0.2, 0) is 29.0 Å². The van der Waals surface area contributed by atoms with E-state index in [9.17, 15) is 13.6 Å². The number of halogens is 2. The van der Waals surface area contributed by atoms with Crippen molar-refractivity contribution in [2.45, 2.75) is 51.9 Å². The van der Waals surface area contributed by atoms with E-state index in [1.165, 1.54) is 24.3 Å². The molecule has 0 aliphatic carbocycles. The second kappa shape index (κ2) is 9.23. The summed E-state index contributed by atoms with van der Waals surface area (Å²) in [6.45, 7) is 10.2. The zero-order chi connectivity index (χ0) is 26.4. The van der Waals surface area contributed by atoms with E-state index in [4.69, 9.17) is 0 Å². The van der Waals surface area contributed by atoms with Crippen molar-refractivity contribution in [2.24, 2.45) is 0 Å². The molecule has 0 saturated carbocycles. The van der Waals surface area contributed by atoms with Crippen LogP contribution < -0.4 is 10.6 Å². The Labute approximate surface area is 214 Å². The fourth-order valence-corrected chi connectivity index (χ4v) is 4.81. The molecule has 4 aromatic rings. The van der Waals surface area contributed by atoms with Gasteiger partial charge in [-0.1, -0.05) is 0 Å². The molecule has 0 bridgehead atoms. The number of nitrogens with zero attached hydrogens (tertiary/aromatic N) is 4. The van der Waals surface area contributed by atoms with Crippen LogP contribution >= 0.6 is 0 Å². The molecule has 0 fully saturated rings. The van der Waals surface area contributed by atoms with Crippen LogP contribution in [0.25, 0.3) is 22.5 Å². The first-order chi connectivity index (χ1) is 17.5. The van der Waals surface area contributed by atoms with E-state index in [-0.39, 0.29) is 29.6 Å². The molecule has 2 aliphatic rings. The third-order valence-electron chi connectivity index (χ3n) is 6.64. The highest BCUT2D eigenvalue weighted by atomic mass is 19.1. The highest BCUT2D eigenvalue weighted by molar-refractivity contribution is 5.78. The van der Waals surface area contributed by atoms with Gasteiger partial charge in [0, 0.05) is 36.6 Å². The van der Waals surface area contributed by atoms with Crippen molar-refractivity contribution in [3.05, 3.63) is 84.2 Å². The molecule has 2 aromatic heterocycles. The highest BCUT2D eigenvalue weighted by Crippen LogP contribution is 2.28. The molecule has 0 saturated heterocycles. The molecule has 2 N–H and O–H groups in total. The maximum Gasteiger partial charge on any atom is 0.240 e. The minimum Gasteiger partial charge on any atom is -0.342 e. The standard InChI is InChI=1S/C14H14FN3O.C14H16FN3/c1-14(2)13-16-11(7-18(13)8-12(19)17-14)9-3-5-10(15)6-4-9;1-14(2)13-17-12(9-18(13)8-7-16-14)10-3-5-11(15)6-4-10/h3-7H,8H2,1-2H3,(H,17,19);3-6,9,16H,7-8H2,1-2H3. The average Bonchev–Trinajstić information content (AvgIpc) is 3.46. The first-order valence-electron chi connectivity index (χ1n) is 12.2. The molecule has 9 heteroatoms. The smallest absolute Gasteiger partial charge is 0.240 e. The molecular weight excluding hydrogens is 474 g/mol. The molecule has 1 amide bonds. The Morgan fingerprint density at radius 1 is 0.757 bits per heavy atom. The molecule has 0 radical (unpaired) electrons. The van der Waals surface area contributed by atoms with Crippen molar-refractivity contribution >= 4 is 5.91 Å². The van der Waals surface area contributed by atoms with Crippen LogP contribution in [0.3, 0.4) is 0 Å². The molecule has 2 aromatic carbocycles. The first-order valence-corrected chi connectivity index (χ1v) is 12.2. The van der Waals surface area contributed by atoms with Crippen LogP contribution in [0, 0.1) is 11.6 Å². The lowest BCUT2D eigenvalue weighted by Crippen LogP contribution is -2.48. The highest BCUT2D eigenvalue weighted by Gasteiger charge is 2.33. The second-order valence-electron chi connectivity index (χ2n) is 10.5. The number of hydrogen-bond acceptors (Lipinski definition) is 4. The number of carbonyl (C=O) groups excluding carboxylic acids is 1. The monoisotopic (exact) mass is 504 g/mol. The number of fused-ring (bicyclic) bond motifs is 2. The van der Waals surface area contributed by atoms with E-state index < -0.39 is 5.54 Å². The van der Waals surface area contributed by atoms with Crippen molar-refractivity contribution in [3.63, 3.8) is 0 Å². The van der Waals surface area contributed by atoms with E-state index in [1.807, 2.05) is 30.8 Å². The molecule has 0 atom stereocenters. The van der Waals surface area contributed by atoms with Gasteiger partial charge in [0.05, 0.1) is 22.5 Å². The quantitative estimate of drug-likeness (QED) is 0.419. The number of aromatic nitrogens is 4. The predicted molar refractivity (Wildman–Crippen MR) is 137 cm³/mol. The topological polar surface area (TPSA) is 76.8 Å². The molecular formula is C28H30F2N6O. The summed E-state index contributed by atoms with van der Waals surface area (Å²) >= 11 is 0. The number of imidazole rings is 2. The van der Waals surface area contributed by atoms with Gasteiger partial charge in [0.25, 0.3) is 0 Å². The summed E-state index contributed by atoms with van der Waals surface area (Å²) in [4.78, 5) is 20.9. The van der Waals surface area contributed by atoms with Crippen molar-refractivity contribution in [1.29, 1.82) is 0 Å². The van der Waals surface area contributed by atoms with Crippen molar-refractivity contribution < 1.29 is 13.6 Å². The predicted octanol–water partition coefficient (Wildman–Crippen LogP) is 4.58. The third-order valence-corrected chi connectivity index (χ3v) is 6.64. The van der Waals surface area contributed by atoms with Crippen LogP contribution in [0.5, 0.6) is 0 Å². The summed E-state index contributed by atoms with van der Waals surface area (Å²) in [6, 6.07) is 12.7. The van der Waals surface area contributed by atoms with Crippen LogP contribution in [0.2, 0.25) is 0 Å². The lowest BCUT2D eigenvalue weighted by Gasteiger charge is -2.31. The van der Waals surface area contributed by atoms with E-state index in [1.54, 1.807) is 24.3 Å². The molecule has 0 spiro atoms. The fourth-order valence-electron chi connectivity index (χ4n) is 4.81. The van der Waals surface area contributed by atoms with E-state index in [0.717, 1.165) is 47.3 Å². The van der Waals surface area contributed by atoms with Gasteiger partial charge in [-0.25, -0.2) is 18.7 Å². The third kappa shape index (κ3) is 5.04. The van der Waals surface area contributed by atoms with Crippen molar-refractivity contribution in [3.8, 4) is 22.5 Å². The van der Waals surface area contributed by atoms with Crippen molar-refractivity contribution in [2.75, 3.05) is 6.54 Å². The molecule has 6 rings (SSSR count). The summed E-state index contributed by atoms with van der Waals surface area (Å²) in [5.74, 6) is 1.33. The summed E-state index contributed by atoms with van der Waals surface area (Å²) in [7, 11) is 0. The van der Waals surface area contributed by atoms with Gasteiger partial charge in [0.1, 0.15) is 29.8 Å². The summed E-state index contributed by atoms with van der Waals surface area (Å²) in [5, 5.41) is 6.35. The zero-order valence-electron chi connectivity index (χ0n) is 21.3. The van der Waals surface area contributed by atoms with Crippen molar-refractivity contribution in [1.82, 2.24) is 29.7 Å². The van der Waals surface area contributed by atoms with Crippen LogP contribution in [0.4, 0.5) is 8.78 Å². The van der Waals surface area contributed by atoms with Crippen LogP contribution in [0.1, 0.15) is 39.3 Å². The van der Waals surface area contributed by atoms with E-state index in [2.05, 4.69) is 39.0 Å². The molecule has 4 heterocycles. The lowest BCUT2D eigenvalue weighted by molar-refractivity contribution is -0.124. The maximum atomic E-state index is 12.9. The van der Waals surface area contributed by atoms with Gasteiger partial charge in [-0.2, -0.15) is 0 Å². The SMILES string of the molecule is CC1(C)NC(=O)Cn2cc(-c3ccc(F)cc3)nc21.CC1(C)NCCn2cc(-c3ccc(F)cc3)nc21. The number of rotatable bonds is 2. The Balaban J connectivity index is 0.000000152. The van der Waals surface area contributed by atoms with Crippen LogP contribution in [-0.4, -0.2) is 31.6 Å². The number of carbonyl (C=O) groups is 1. The Morgan fingerprint density at radius 2 is 1.24 bits per heavy atom.